The van der Waals surface area contributed by atoms with Crippen LogP contribution in [0.1, 0.15) is 102 Å². The van der Waals surface area contributed by atoms with Gasteiger partial charge in [0.05, 0.1) is 18.8 Å². The second-order valence-corrected chi connectivity index (χ2v) is 8.25. The smallest absolute Gasteiger partial charge is 0.0715 e. The van der Waals surface area contributed by atoms with Crippen molar-refractivity contribution in [1.29, 1.82) is 0 Å². The van der Waals surface area contributed by atoms with Gasteiger partial charge in [-0.05, 0) is 12.0 Å². The van der Waals surface area contributed by atoms with E-state index in [-0.39, 0.29) is 12.6 Å². The third-order valence-corrected chi connectivity index (χ3v) is 5.68. The summed E-state index contributed by atoms with van der Waals surface area (Å²) < 4.78 is 0. The average Bonchev–Trinajstić information content (AvgIpc) is 2.72. The van der Waals surface area contributed by atoms with Crippen LogP contribution in [0.2, 0.25) is 0 Å². The van der Waals surface area contributed by atoms with E-state index in [4.69, 9.17) is 0 Å². The minimum absolute atomic E-state index is 0.0214. The number of unbranched alkanes of at least 4 members (excludes halogenated alkanes) is 12. The van der Waals surface area contributed by atoms with Crippen LogP contribution in [-0.2, 0) is 6.54 Å². The Morgan fingerprint density at radius 1 is 0.750 bits per heavy atom. The van der Waals surface area contributed by atoms with Gasteiger partial charge >= 0.3 is 0 Å². The lowest BCUT2D eigenvalue weighted by Crippen LogP contribution is -2.42. The summed E-state index contributed by atoms with van der Waals surface area (Å²) >= 11 is 0. The highest BCUT2D eigenvalue weighted by Crippen LogP contribution is 2.14. The first kappa shape index (κ1) is 25.1. The van der Waals surface area contributed by atoms with Crippen LogP contribution in [0, 0.1) is 0 Å². The largest absolute Gasteiger partial charge is 0.395 e. The van der Waals surface area contributed by atoms with Crippen LogP contribution in [0.4, 0.5) is 0 Å². The molecule has 0 fully saturated rings. The van der Waals surface area contributed by atoms with Crippen LogP contribution in [0.3, 0.4) is 0 Å². The number of rotatable bonds is 19. The van der Waals surface area contributed by atoms with Crippen molar-refractivity contribution >= 4 is 0 Å². The standard InChI is InChI=1S/C25H45NO2/c1-2-3-4-5-6-7-8-9-10-11-12-13-17-20-25(28)24(22-27)26-21-23-18-15-14-16-19-23/h14-16,18-19,24-28H,2-13,17,20-22H2,1H3/t24?,25-/m1/s1. The van der Waals surface area contributed by atoms with E-state index in [1.165, 1.54) is 82.6 Å². The van der Waals surface area contributed by atoms with E-state index >= 15 is 0 Å². The quantitative estimate of drug-likeness (QED) is 0.254. The highest BCUT2D eigenvalue weighted by Gasteiger charge is 2.17. The van der Waals surface area contributed by atoms with Gasteiger partial charge in [-0.1, -0.05) is 121 Å². The van der Waals surface area contributed by atoms with Gasteiger partial charge in [0.1, 0.15) is 0 Å². The number of hydrogen-bond acceptors (Lipinski definition) is 3. The number of nitrogens with one attached hydrogen (secondary N) is 1. The molecule has 0 amide bonds. The fourth-order valence-corrected chi connectivity index (χ4v) is 3.74. The van der Waals surface area contributed by atoms with Gasteiger partial charge in [-0.25, -0.2) is 0 Å². The fourth-order valence-electron chi connectivity index (χ4n) is 3.74. The number of hydrogen-bond donors (Lipinski definition) is 3. The van der Waals surface area contributed by atoms with E-state index in [0.29, 0.717) is 6.54 Å². The Morgan fingerprint density at radius 2 is 1.25 bits per heavy atom. The summed E-state index contributed by atoms with van der Waals surface area (Å²) in [6.07, 6.45) is 17.7. The van der Waals surface area contributed by atoms with Crippen LogP contribution in [0.25, 0.3) is 0 Å². The molecule has 1 unspecified atom stereocenters. The van der Waals surface area contributed by atoms with Crippen LogP contribution in [0.5, 0.6) is 0 Å². The second-order valence-electron chi connectivity index (χ2n) is 8.25. The van der Waals surface area contributed by atoms with Gasteiger partial charge in [-0.2, -0.15) is 0 Å². The molecule has 3 heteroatoms. The van der Waals surface area contributed by atoms with Gasteiger partial charge < -0.3 is 15.5 Å². The molecule has 0 radical (unpaired) electrons. The van der Waals surface area contributed by atoms with Crippen LogP contribution >= 0.6 is 0 Å². The molecule has 0 aliphatic carbocycles. The maximum absolute atomic E-state index is 10.3. The molecule has 0 bridgehead atoms. The van der Waals surface area contributed by atoms with Gasteiger partial charge in [0.15, 0.2) is 0 Å². The molecule has 0 saturated carbocycles. The topological polar surface area (TPSA) is 52.5 Å². The lowest BCUT2D eigenvalue weighted by Gasteiger charge is -2.22. The van der Waals surface area contributed by atoms with E-state index in [1.807, 2.05) is 18.2 Å². The van der Waals surface area contributed by atoms with Gasteiger partial charge in [0, 0.05) is 6.54 Å². The molecule has 2 atom stereocenters. The molecule has 0 aliphatic heterocycles. The van der Waals surface area contributed by atoms with Crippen molar-refractivity contribution in [3.63, 3.8) is 0 Å². The monoisotopic (exact) mass is 391 g/mol. The zero-order valence-electron chi connectivity index (χ0n) is 18.2. The van der Waals surface area contributed by atoms with E-state index in [2.05, 4.69) is 24.4 Å². The zero-order chi connectivity index (χ0) is 20.3. The third kappa shape index (κ3) is 13.3. The summed E-state index contributed by atoms with van der Waals surface area (Å²) in [7, 11) is 0. The first-order valence-electron chi connectivity index (χ1n) is 11.8. The minimum Gasteiger partial charge on any atom is -0.395 e. The Hall–Kier alpha value is -0.900. The van der Waals surface area contributed by atoms with Crippen LogP contribution in [-0.4, -0.2) is 29.0 Å². The molecule has 1 rings (SSSR count). The lowest BCUT2D eigenvalue weighted by atomic mass is 10.0. The summed E-state index contributed by atoms with van der Waals surface area (Å²) in [6, 6.07) is 9.89. The van der Waals surface area contributed by atoms with Crippen molar-refractivity contribution in [3.8, 4) is 0 Å². The summed E-state index contributed by atoms with van der Waals surface area (Å²) in [5, 5.41) is 23.2. The van der Waals surface area contributed by atoms with E-state index < -0.39 is 6.10 Å². The van der Waals surface area contributed by atoms with E-state index in [0.717, 1.165) is 12.8 Å². The normalized spacial score (nSPS) is 13.5. The van der Waals surface area contributed by atoms with Crippen molar-refractivity contribution in [2.24, 2.45) is 0 Å². The molecular formula is C25H45NO2. The van der Waals surface area contributed by atoms with Crippen LogP contribution < -0.4 is 5.32 Å². The first-order chi connectivity index (χ1) is 13.8. The Labute approximate surface area is 174 Å². The van der Waals surface area contributed by atoms with E-state index in [1.54, 1.807) is 0 Å². The number of aliphatic hydroxyl groups is 2. The molecule has 0 heterocycles. The Morgan fingerprint density at radius 3 is 1.75 bits per heavy atom. The molecular weight excluding hydrogens is 346 g/mol. The SMILES string of the molecule is CCCCCCCCCCCCCCC[C@@H](O)C(CO)NCc1ccccc1. The molecule has 0 aliphatic rings. The zero-order valence-corrected chi connectivity index (χ0v) is 18.2. The van der Waals surface area contributed by atoms with Crippen molar-refractivity contribution < 1.29 is 10.2 Å². The van der Waals surface area contributed by atoms with Gasteiger partial charge in [-0.3, -0.25) is 0 Å². The fraction of sp³-hybridized carbons (Fsp3) is 0.760. The molecule has 162 valence electrons. The Balaban J connectivity index is 1.94. The van der Waals surface area contributed by atoms with Crippen molar-refractivity contribution in [2.45, 2.75) is 116 Å². The number of aliphatic hydroxyl groups excluding tert-OH is 2. The van der Waals surface area contributed by atoms with Crippen molar-refractivity contribution in [3.05, 3.63) is 35.9 Å². The highest BCUT2D eigenvalue weighted by atomic mass is 16.3. The maximum atomic E-state index is 10.3. The summed E-state index contributed by atoms with van der Waals surface area (Å²) in [6.45, 7) is 2.93. The van der Waals surface area contributed by atoms with E-state index in [9.17, 15) is 10.2 Å². The Bertz CT molecular complexity index is 437. The molecule has 0 spiro atoms. The maximum Gasteiger partial charge on any atom is 0.0715 e. The highest BCUT2D eigenvalue weighted by molar-refractivity contribution is 5.14. The molecule has 1 aromatic rings. The average molecular weight is 392 g/mol. The summed E-state index contributed by atoms with van der Waals surface area (Å²) in [5.74, 6) is 0. The molecule has 1 aromatic carbocycles. The Kier molecular flexibility index (Phi) is 16.3. The summed E-state index contributed by atoms with van der Waals surface area (Å²) in [5.41, 5.74) is 1.18. The van der Waals surface area contributed by atoms with Crippen molar-refractivity contribution in [2.75, 3.05) is 6.61 Å². The number of benzene rings is 1. The minimum atomic E-state index is -0.471. The van der Waals surface area contributed by atoms with Gasteiger partial charge in [-0.15, -0.1) is 0 Å². The molecule has 3 N–H and O–H groups in total. The van der Waals surface area contributed by atoms with Gasteiger partial charge in [0.2, 0.25) is 0 Å². The summed E-state index contributed by atoms with van der Waals surface area (Å²) in [4.78, 5) is 0. The third-order valence-electron chi connectivity index (χ3n) is 5.68. The second kappa shape index (κ2) is 18.1. The van der Waals surface area contributed by atoms with Crippen molar-refractivity contribution in [1.82, 2.24) is 5.32 Å². The lowest BCUT2D eigenvalue weighted by molar-refractivity contribution is 0.0803. The van der Waals surface area contributed by atoms with Crippen LogP contribution in [0.15, 0.2) is 30.3 Å². The predicted octanol–water partition coefficient (Wildman–Crippen LogP) is 5.98. The predicted molar refractivity (Wildman–Crippen MR) is 120 cm³/mol. The molecule has 0 aromatic heterocycles. The first-order valence-corrected chi connectivity index (χ1v) is 11.8. The molecule has 28 heavy (non-hydrogen) atoms. The van der Waals surface area contributed by atoms with Gasteiger partial charge in [0.25, 0.3) is 0 Å². The molecule has 3 nitrogen and oxygen atoms in total. The molecule has 0 saturated heterocycles.